The van der Waals surface area contributed by atoms with E-state index in [1.807, 2.05) is 26.0 Å². The number of carbonyl (C=O) groups is 1. The zero-order valence-electron chi connectivity index (χ0n) is 16.9. The summed E-state index contributed by atoms with van der Waals surface area (Å²) in [6, 6.07) is 9.33. The van der Waals surface area contributed by atoms with Gasteiger partial charge in [-0.1, -0.05) is 12.1 Å². The third kappa shape index (κ3) is 4.56. The molecule has 0 unspecified atom stereocenters. The number of ether oxygens (including phenoxy) is 2. The zero-order valence-corrected chi connectivity index (χ0v) is 17.8. The number of aryl methyl sites for hydroxylation is 1. The Bertz CT molecular complexity index is 973. The molecule has 7 nitrogen and oxygen atoms in total. The quantitative estimate of drug-likeness (QED) is 0.764. The first-order chi connectivity index (χ1) is 13.1. The molecule has 2 aromatic rings. The minimum absolute atomic E-state index is 0.230. The minimum atomic E-state index is -3.79. The van der Waals surface area contributed by atoms with E-state index in [0.29, 0.717) is 17.2 Å². The first-order valence-electron chi connectivity index (χ1n) is 8.68. The maximum Gasteiger partial charge on any atom is 0.248 e. The van der Waals surface area contributed by atoms with Gasteiger partial charge in [-0.25, -0.2) is 8.42 Å². The highest BCUT2D eigenvalue weighted by Gasteiger charge is 2.32. The molecule has 0 heterocycles. The lowest BCUT2D eigenvalue weighted by Gasteiger charge is -2.29. The van der Waals surface area contributed by atoms with Crippen LogP contribution in [-0.4, -0.2) is 40.8 Å². The van der Waals surface area contributed by atoms with Crippen LogP contribution in [0.15, 0.2) is 36.4 Å². The SMILES string of the molecule is COc1ccc(OC)c(N([C@H](C)C(=O)Nc2cccc(C)c2C)S(C)(=O)=O)c1. The van der Waals surface area contributed by atoms with E-state index in [1.54, 1.807) is 18.2 Å². The van der Waals surface area contributed by atoms with Gasteiger partial charge in [-0.3, -0.25) is 9.10 Å². The third-order valence-corrected chi connectivity index (χ3v) is 5.80. The molecular weight excluding hydrogens is 380 g/mol. The Morgan fingerprint density at radius 1 is 1.11 bits per heavy atom. The van der Waals surface area contributed by atoms with E-state index in [1.165, 1.54) is 27.2 Å². The summed E-state index contributed by atoms with van der Waals surface area (Å²) < 4.78 is 36.7. The Balaban J connectivity index is 2.46. The molecule has 0 aliphatic rings. The lowest BCUT2D eigenvalue weighted by Crippen LogP contribution is -2.45. The summed E-state index contributed by atoms with van der Waals surface area (Å²) in [4.78, 5) is 12.9. The molecule has 0 saturated carbocycles. The van der Waals surface area contributed by atoms with E-state index in [2.05, 4.69) is 5.32 Å². The number of hydrogen-bond acceptors (Lipinski definition) is 5. The van der Waals surface area contributed by atoms with Gasteiger partial charge in [-0.15, -0.1) is 0 Å². The third-order valence-electron chi connectivity index (χ3n) is 4.57. The molecule has 0 spiro atoms. The van der Waals surface area contributed by atoms with Crippen molar-refractivity contribution in [1.82, 2.24) is 0 Å². The van der Waals surface area contributed by atoms with Crippen LogP contribution in [0, 0.1) is 13.8 Å². The van der Waals surface area contributed by atoms with Gasteiger partial charge in [0.15, 0.2) is 0 Å². The summed E-state index contributed by atoms with van der Waals surface area (Å²) in [5, 5.41) is 2.82. The average molecular weight is 407 g/mol. The molecule has 2 rings (SSSR count). The second kappa shape index (κ2) is 8.52. The molecule has 1 atom stereocenters. The van der Waals surface area contributed by atoms with Crippen LogP contribution in [0.2, 0.25) is 0 Å². The van der Waals surface area contributed by atoms with Crippen LogP contribution in [0.3, 0.4) is 0 Å². The number of methoxy groups -OCH3 is 2. The minimum Gasteiger partial charge on any atom is -0.497 e. The number of sulfonamides is 1. The van der Waals surface area contributed by atoms with E-state index in [9.17, 15) is 13.2 Å². The fourth-order valence-corrected chi connectivity index (χ4v) is 4.04. The molecule has 2 aromatic carbocycles. The number of amides is 1. The number of anilines is 2. The number of benzene rings is 2. The van der Waals surface area contributed by atoms with Crippen LogP contribution in [-0.2, 0) is 14.8 Å². The normalized spacial score (nSPS) is 12.2. The number of rotatable bonds is 7. The fourth-order valence-electron chi connectivity index (χ4n) is 2.87. The first-order valence-corrected chi connectivity index (χ1v) is 10.5. The number of nitrogens with zero attached hydrogens (tertiary/aromatic N) is 1. The van der Waals surface area contributed by atoms with Crippen molar-refractivity contribution < 1.29 is 22.7 Å². The fraction of sp³-hybridized carbons (Fsp3) is 0.350. The van der Waals surface area contributed by atoms with Gasteiger partial charge in [0.05, 0.1) is 26.2 Å². The van der Waals surface area contributed by atoms with Crippen molar-refractivity contribution in [2.24, 2.45) is 0 Å². The molecule has 0 radical (unpaired) electrons. The standard InChI is InChI=1S/C20H26N2O5S/c1-13-8-7-9-17(14(13)2)21-20(23)15(3)22(28(6,24)25)18-12-16(26-4)10-11-19(18)27-5/h7-12,15H,1-6H3,(H,21,23)/t15-/m1/s1. The number of hydrogen-bond donors (Lipinski definition) is 1. The van der Waals surface area contributed by atoms with E-state index >= 15 is 0 Å². The van der Waals surface area contributed by atoms with Gasteiger partial charge in [-0.05, 0) is 50.1 Å². The van der Waals surface area contributed by atoms with E-state index < -0.39 is 22.0 Å². The molecule has 8 heteroatoms. The van der Waals surface area contributed by atoms with Crippen molar-refractivity contribution in [2.75, 3.05) is 30.1 Å². The van der Waals surface area contributed by atoms with Crippen LogP contribution in [0.5, 0.6) is 11.5 Å². The summed E-state index contributed by atoms with van der Waals surface area (Å²) in [5.74, 6) is 0.313. The van der Waals surface area contributed by atoms with Crippen molar-refractivity contribution in [1.29, 1.82) is 0 Å². The molecule has 0 aliphatic carbocycles. The van der Waals surface area contributed by atoms with Crippen LogP contribution in [0.4, 0.5) is 11.4 Å². The average Bonchev–Trinajstić information content (AvgIpc) is 2.64. The van der Waals surface area contributed by atoms with Crippen LogP contribution >= 0.6 is 0 Å². The monoisotopic (exact) mass is 406 g/mol. The Kier molecular flexibility index (Phi) is 6.56. The number of nitrogens with one attached hydrogen (secondary N) is 1. The van der Waals surface area contributed by atoms with Gasteiger partial charge in [-0.2, -0.15) is 0 Å². The topological polar surface area (TPSA) is 84.9 Å². The highest BCUT2D eigenvalue weighted by molar-refractivity contribution is 7.92. The van der Waals surface area contributed by atoms with Crippen LogP contribution < -0.4 is 19.1 Å². The van der Waals surface area contributed by atoms with Crippen molar-refractivity contribution in [2.45, 2.75) is 26.8 Å². The van der Waals surface area contributed by atoms with E-state index in [4.69, 9.17) is 9.47 Å². The summed E-state index contributed by atoms with van der Waals surface area (Å²) in [5.41, 5.74) is 2.82. The Morgan fingerprint density at radius 3 is 2.36 bits per heavy atom. The lowest BCUT2D eigenvalue weighted by molar-refractivity contribution is -0.116. The highest BCUT2D eigenvalue weighted by atomic mass is 32.2. The molecule has 1 N–H and O–H groups in total. The van der Waals surface area contributed by atoms with Crippen molar-refractivity contribution in [3.63, 3.8) is 0 Å². The predicted octanol–water partition coefficient (Wildman–Crippen LogP) is 3.11. The summed E-state index contributed by atoms with van der Waals surface area (Å²) in [6.45, 7) is 5.37. The summed E-state index contributed by atoms with van der Waals surface area (Å²) in [6.07, 6.45) is 1.05. The number of carbonyl (C=O) groups excluding carboxylic acids is 1. The Labute approximate surface area is 166 Å². The van der Waals surface area contributed by atoms with E-state index in [-0.39, 0.29) is 5.69 Å². The zero-order chi connectivity index (χ0) is 21.1. The second-order valence-corrected chi connectivity index (χ2v) is 8.37. The molecule has 0 aliphatic heterocycles. The molecular formula is C20H26N2O5S. The summed E-state index contributed by atoms with van der Waals surface area (Å²) >= 11 is 0. The van der Waals surface area contributed by atoms with Crippen LogP contribution in [0.25, 0.3) is 0 Å². The van der Waals surface area contributed by atoms with E-state index in [0.717, 1.165) is 21.7 Å². The second-order valence-electron chi connectivity index (χ2n) is 6.51. The Morgan fingerprint density at radius 2 is 1.79 bits per heavy atom. The molecule has 28 heavy (non-hydrogen) atoms. The molecule has 0 aromatic heterocycles. The van der Waals surface area contributed by atoms with Gasteiger partial charge in [0, 0.05) is 11.8 Å². The Hall–Kier alpha value is -2.74. The van der Waals surface area contributed by atoms with Gasteiger partial charge in [0.2, 0.25) is 15.9 Å². The van der Waals surface area contributed by atoms with Gasteiger partial charge >= 0.3 is 0 Å². The molecule has 152 valence electrons. The molecule has 0 bridgehead atoms. The molecule has 0 fully saturated rings. The molecule has 0 saturated heterocycles. The van der Waals surface area contributed by atoms with Gasteiger partial charge < -0.3 is 14.8 Å². The van der Waals surface area contributed by atoms with Crippen molar-refractivity contribution in [3.8, 4) is 11.5 Å². The maximum absolute atomic E-state index is 12.9. The van der Waals surface area contributed by atoms with Gasteiger partial charge in [0.25, 0.3) is 0 Å². The molecule has 1 amide bonds. The predicted molar refractivity (Wildman–Crippen MR) is 111 cm³/mol. The largest absolute Gasteiger partial charge is 0.497 e. The van der Waals surface area contributed by atoms with Gasteiger partial charge in [0.1, 0.15) is 17.5 Å². The van der Waals surface area contributed by atoms with Crippen molar-refractivity contribution in [3.05, 3.63) is 47.5 Å². The lowest BCUT2D eigenvalue weighted by atomic mass is 10.1. The summed E-state index contributed by atoms with van der Waals surface area (Å²) in [7, 11) is -0.877. The smallest absolute Gasteiger partial charge is 0.248 e. The first kappa shape index (κ1) is 21.6. The maximum atomic E-state index is 12.9. The van der Waals surface area contributed by atoms with Crippen LogP contribution in [0.1, 0.15) is 18.1 Å². The van der Waals surface area contributed by atoms with Crippen molar-refractivity contribution >= 4 is 27.3 Å². The highest BCUT2D eigenvalue weighted by Crippen LogP contribution is 2.35.